The zero-order chi connectivity index (χ0) is 10.6. The third kappa shape index (κ3) is 3.56. The number of nitrogens with zero attached hydrogens (tertiary/aromatic N) is 1. The van der Waals surface area contributed by atoms with E-state index in [1.807, 2.05) is 0 Å². The fraction of sp³-hybridized carbons (Fsp3) is 1.00. The van der Waals surface area contributed by atoms with E-state index in [0.717, 1.165) is 19.8 Å². The lowest BCUT2D eigenvalue weighted by atomic mass is 9.95. The fourth-order valence-electron chi connectivity index (χ4n) is 2.14. The van der Waals surface area contributed by atoms with Gasteiger partial charge in [-0.05, 0) is 26.4 Å². The van der Waals surface area contributed by atoms with E-state index < -0.39 is 0 Å². The molecule has 14 heavy (non-hydrogen) atoms. The van der Waals surface area contributed by atoms with Crippen LogP contribution in [0.5, 0.6) is 0 Å². The first-order chi connectivity index (χ1) is 6.61. The average Bonchev–Trinajstić information content (AvgIpc) is 2.15. The molecule has 1 heterocycles. The van der Waals surface area contributed by atoms with Gasteiger partial charge in [-0.25, -0.2) is 0 Å². The first-order valence-electron chi connectivity index (χ1n) is 5.58. The Kier molecular flexibility index (Phi) is 4.85. The Labute approximate surface area is 87.8 Å². The van der Waals surface area contributed by atoms with Crippen LogP contribution in [0.2, 0.25) is 0 Å². The van der Waals surface area contributed by atoms with Gasteiger partial charge in [0, 0.05) is 18.6 Å². The molecule has 1 saturated heterocycles. The molecule has 0 aromatic carbocycles. The van der Waals surface area contributed by atoms with Crippen LogP contribution in [-0.2, 0) is 4.74 Å². The third-order valence-electron chi connectivity index (χ3n) is 2.96. The molecule has 0 aromatic rings. The highest BCUT2D eigenvalue weighted by molar-refractivity contribution is 4.79. The lowest BCUT2D eigenvalue weighted by Gasteiger charge is -2.33. The molecule has 3 nitrogen and oxygen atoms in total. The normalized spacial score (nSPS) is 25.7. The van der Waals surface area contributed by atoms with Crippen molar-refractivity contribution in [1.29, 1.82) is 0 Å². The van der Waals surface area contributed by atoms with Gasteiger partial charge in [0.25, 0.3) is 0 Å². The van der Waals surface area contributed by atoms with Crippen molar-refractivity contribution >= 4 is 0 Å². The van der Waals surface area contributed by atoms with Crippen molar-refractivity contribution in [2.45, 2.75) is 32.4 Å². The SMILES string of the molecule is CC(C)C(CC1COCCN1)N(C)C. The third-order valence-corrected chi connectivity index (χ3v) is 2.96. The molecule has 1 fully saturated rings. The molecule has 0 aliphatic carbocycles. The van der Waals surface area contributed by atoms with Gasteiger partial charge in [0.2, 0.25) is 0 Å². The van der Waals surface area contributed by atoms with E-state index in [9.17, 15) is 0 Å². The van der Waals surface area contributed by atoms with Gasteiger partial charge in [0.1, 0.15) is 0 Å². The van der Waals surface area contributed by atoms with Crippen molar-refractivity contribution < 1.29 is 4.74 Å². The number of hydrogen-bond donors (Lipinski definition) is 1. The van der Waals surface area contributed by atoms with Crippen molar-refractivity contribution in [2.75, 3.05) is 33.9 Å². The minimum Gasteiger partial charge on any atom is -0.379 e. The van der Waals surface area contributed by atoms with Gasteiger partial charge in [0.15, 0.2) is 0 Å². The molecule has 0 bridgehead atoms. The van der Waals surface area contributed by atoms with E-state index >= 15 is 0 Å². The fourth-order valence-corrected chi connectivity index (χ4v) is 2.14. The Morgan fingerprint density at radius 1 is 1.43 bits per heavy atom. The van der Waals surface area contributed by atoms with Crippen LogP contribution < -0.4 is 5.32 Å². The molecule has 1 aliphatic rings. The number of rotatable bonds is 4. The smallest absolute Gasteiger partial charge is 0.0620 e. The lowest BCUT2D eigenvalue weighted by Crippen LogP contribution is -2.46. The molecular weight excluding hydrogens is 176 g/mol. The van der Waals surface area contributed by atoms with E-state index in [4.69, 9.17) is 4.74 Å². The van der Waals surface area contributed by atoms with Crippen molar-refractivity contribution in [3.8, 4) is 0 Å². The van der Waals surface area contributed by atoms with Gasteiger partial charge in [-0.15, -0.1) is 0 Å². The second-order valence-electron chi connectivity index (χ2n) is 4.74. The molecule has 1 rings (SSSR count). The molecule has 0 saturated carbocycles. The van der Waals surface area contributed by atoms with Crippen LogP contribution in [0.1, 0.15) is 20.3 Å². The number of nitrogens with one attached hydrogen (secondary N) is 1. The minimum atomic E-state index is 0.540. The average molecular weight is 200 g/mol. The van der Waals surface area contributed by atoms with Crippen LogP contribution in [0.4, 0.5) is 0 Å². The summed E-state index contributed by atoms with van der Waals surface area (Å²) in [5, 5.41) is 3.51. The summed E-state index contributed by atoms with van der Waals surface area (Å²) in [7, 11) is 4.32. The molecule has 1 N–H and O–H groups in total. The predicted octanol–water partition coefficient (Wildman–Crippen LogP) is 0.951. The van der Waals surface area contributed by atoms with E-state index in [1.54, 1.807) is 0 Å². The quantitative estimate of drug-likeness (QED) is 0.731. The van der Waals surface area contributed by atoms with E-state index in [2.05, 4.69) is 38.2 Å². The second-order valence-corrected chi connectivity index (χ2v) is 4.74. The van der Waals surface area contributed by atoms with Crippen LogP contribution >= 0.6 is 0 Å². The number of hydrogen-bond acceptors (Lipinski definition) is 3. The van der Waals surface area contributed by atoms with Gasteiger partial charge in [-0.1, -0.05) is 13.8 Å². The van der Waals surface area contributed by atoms with Crippen molar-refractivity contribution in [3.63, 3.8) is 0 Å². The summed E-state index contributed by atoms with van der Waals surface area (Å²) in [6.45, 7) is 7.31. The summed E-state index contributed by atoms with van der Waals surface area (Å²) < 4.78 is 5.46. The first-order valence-corrected chi connectivity index (χ1v) is 5.58. The monoisotopic (exact) mass is 200 g/mol. The number of morpholine rings is 1. The molecule has 1 aliphatic heterocycles. The van der Waals surface area contributed by atoms with Crippen molar-refractivity contribution in [1.82, 2.24) is 10.2 Å². The van der Waals surface area contributed by atoms with Crippen molar-refractivity contribution in [3.05, 3.63) is 0 Å². The summed E-state index contributed by atoms with van der Waals surface area (Å²) >= 11 is 0. The van der Waals surface area contributed by atoms with Crippen LogP contribution in [0.25, 0.3) is 0 Å². The molecule has 2 unspecified atom stereocenters. The topological polar surface area (TPSA) is 24.5 Å². The Balaban J connectivity index is 2.37. The Morgan fingerprint density at radius 2 is 2.14 bits per heavy atom. The van der Waals surface area contributed by atoms with Crippen LogP contribution in [0, 0.1) is 5.92 Å². The predicted molar refractivity (Wildman–Crippen MR) is 59.5 cm³/mol. The van der Waals surface area contributed by atoms with Crippen molar-refractivity contribution in [2.24, 2.45) is 5.92 Å². The zero-order valence-corrected chi connectivity index (χ0v) is 9.92. The van der Waals surface area contributed by atoms with Crippen LogP contribution in [0.15, 0.2) is 0 Å². The Hall–Kier alpha value is -0.120. The van der Waals surface area contributed by atoms with Crippen LogP contribution in [-0.4, -0.2) is 50.8 Å². The standard InChI is InChI=1S/C11H24N2O/c1-9(2)11(13(3)4)7-10-8-14-6-5-12-10/h9-12H,5-8H2,1-4H3. The Morgan fingerprint density at radius 3 is 2.57 bits per heavy atom. The Bertz CT molecular complexity index is 145. The maximum atomic E-state index is 5.46. The molecule has 2 atom stereocenters. The summed E-state index contributed by atoms with van der Waals surface area (Å²) in [4.78, 5) is 2.32. The highest BCUT2D eigenvalue weighted by atomic mass is 16.5. The molecule has 0 spiro atoms. The first kappa shape index (κ1) is 12.0. The summed E-state index contributed by atoms with van der Waals surface area (Å²) in [5.74, 6) is 0.703. The van der Waals surface area contributed by atoms with E-state index in [1.165, 1.54) is 6.42 Å². The summed E-state index contributed by atoms with van der Waals surface area (Å²) in [6, 6.07) is 1.19. The van der Waals surface area contributed by atoms with E-state index in [0.29, 0.717) is 18.0 Å². The highest BCUT2D eigenvalue weighted by Crippen LogP contribution is 2.14. The number of ether oxygens (including phenoxy) is 1. The largest absolute Gasteiger partial charge is 0.379 e. The maximum absolute atomic E-state index is 5.46. The molecule has 0 radical (unpaired) electrons. The zero-order valence-electron chi connectivity index (χ0n) is 9.92. The van der Waals surface area contributed by atoms with E-state index in [-0.39, 0.29) is 0 Å². The molecule has 84 valence electrons. The molecule has 0 aromatic heterocycles. The lowest BCUT2D eigenvalue weighted by molar-refractivity contribution is 0.0602. The summed E-state index contributed by atoms with van der Waals surface area (Å²) in [5.41, 5.74) is 0. The minimum absolute atomic E-state index is 0.540. The van der Waals surface area contributed by atoms with Gasteiger partial charge in [-0.3, -0.25) is 0 Å². The summed E-state index contributed by atoms with van der Waals surface area (Å²) in [6.07, 6.45) is 1.19. The van der Waals surface area contributed by atoms with Gasteiger partial charge >= 0.3 is 0 Å². The molecular formula is C11H24N2O. The maximum Gasteiger partial charge on any atom is 0.0620 e. The van der Waals surface area contributed by atoms with Gasteiger partial charge < -0.3 is 15.0 Å². The van der Waals surface area contributed by atoms with Crippen LogP contribution in [0.3, 0.4) is 0 Å². The molecule has 0 amide bonds. The van der Waals surface area contributed by atoms with Gasteiger partial charge in [0.05, 0.1) is 13.2 Å². The second kappa shape index (κ2) is 5.69. The highest BCUT2D eigenvalue weighted by Gasteiger charge is 2.22. The molecule has 3 heteroatoms. The van der Waals surface area contributed by atoms with Gasteiger partial charge in [-0.2, -0.15) is 0 Å².